The van der Waals surface area contributed by atoms with Gasteiger partial charge in [-0.2, -0.15) is 0 Å². The molecule has 0 radical (unpaired) electrons. The van der Waals surface area contributed by atoms with Crippen molar-refractivity contribution < 1.29 is 13.2 Å². The molecule has 1 aromatic heterocycles. The highest BCUT2D eigenvalue weighted by Gasteiger charge is 2.35. The first-order valence-corrected chi connectivity index (χ1v) is 7.30. The van der Waals surface area contributed by atoms with E-state index < -0.39 is 9.05 Å². The normalized spacial score (nSPS) is 21.2. The topological polar surface area (TPSA) is 98.1 Å². The first-order chi connectivity index (χ1) is 7.87. The second-order valence-electron chi connectivity index (χ2n) is 3.88. The summed E-state index contributed by atoms with van der Waals surface area (Å²) in [5.41, 5.74) is 0. The van der Waals surface area contributed by atoms with Crippen LogP contribution in [-0.4, -0.2) is 46.8 Å². The number of amides is 1. The highest BCUT2D eigenvalue weighted by atomic mass is 35.7. The average molecular weight is 280 g/mol. The van der Waals surface area contributed by atoms with E-state index >= 15 is 0 Å². The van der Waals surface area contributed by atoms with E-state index in [2.05, 4.69) is 15.5 Å². The van der Waals surface area contributed by atoms with Gasteiger partial charge in [-0.3, -0.25) is 9.69 Å². The molecule has 94 valence electrons. The molecule has 1 unspecified atom stereocenters. The maximum absolute atomic E-state index is 11.7. The van der Waals surface area contributed by atoms with Crippen molar-refractivity contribution in [3.8, 4) is 0 Å². The van der Waals surface area contributed by atoms with E-state index in [1.54, 1.807) is 7.05 Å². The lowest BCUT2D eigenvalue weighted by atomic mass is 10.1. The Morgan fingerprint density at radius 3 is 2.76 bits per heavy atom. The van der Waals surface area contributed by atoms with Gasteiger partial charge in [-0.25, -0.2) is 13.1 Å². The Balaban J connectivity index is 2.14. The van der Waals surface area contributed by atoms with Gasteiger partial charge < -0.3 is 0 Å². The van der Waals surface area contributed by atoms with E-state index in [4.69, 9.17) is 10.7 Å². The summed E-state index contributed by atoms with van der Waals surface area (Å²) >= 11 is 0. The summed E-state index contributed by atoms with van der Waals surface area (Å²) in [4.78, 5) is 13.1. The summed E-state index contributed by atoms with van der Waals surface area (Å²) < 4.78 is 23.2. The number of aryl methyl sites for hydroxylation is 1. The first kappa shape index (κ1) is 12.2. The van der Waals surface area contributed by atoms with Crippen molar-refractivity contribution in [2.24, 2.45) is 13.0 Å². The maximum atomic E-state index is 11.7. The number of hydrogen-bond acceptors (Lipinski definition) is 6. The predicted octanol–water partition coefficient (Wildman–Crippen LogP) is -0.868. The number of hydrogen-bond donors (Lipinski definition) is 0. The molecular formula is C7H10ClN5O3S. The molecule has 0 aromatic carbocycles. The van der Waals surface area contributed by atoms with Crippen LogP contribution in [0.5, 0.6) is 0 Å². The SMILES string of the molecule is Cn1nnnc1N1CC(CS(=O)(=O)Cl)CC1=O. The van der Waals surface area contributed by atoms with Gasteiger partial charge in [-0.1, -0.05) is 5.10 Å². The molecule has 1 amide bonds. The van der Waals surface area contributed by atoms with Crippen molar-refractivity contribution in [1.82, 2.24) is 20.2 Å². The van der Waals surface area contributed by atoms with Crippen molar-refractivity contribution in [3.63, 3.8) is 0 Å². The molecular weight excluding hydrogens is 270 g/mol. The standard InChI is InChI=1S/C7H10ClN5O3S/c1-12-7(9-10-11-12)13-3-5(2-6(13)14)4-17(8,15)16/h5H,2-4H2,1H3. The molecule has 10 heteroatoms. The van der Waals surface area contributed by atoms with Crippen LogP contribution >= 0.6 is 10.7 Å². The number of tetrazole rings is 1. The van der Waals surface area contributed by atoms with Gasteiger partial charge in [-0.05, 0) is 10.4 Å². The molecule has 0 bridgehead atoms. The van der Waals surface area contributed by atoms with Crippen LogP contribution in [0.4, 0.5) is 5.95 Å². The summed E-state index contributed by atoms with van der Waals surface area (Å²) in [7, 11) is 3.17. The van der Waals surface area contributed by atoms with E-state index in [9.17, 15) is 13.2 Å². The van der Waals surface area contributed by atoms with Gasteiger partial charge in [0.1, 0.15) is 0 Å². The largest absolute Gasteiger partial charge is 0.279 e. The smallest absolute Gasteiger partial charge is 0.251 e. The van der Waals surface area contributed by atoms with Crippen molar-refractivity contribution in [3.05, 3.63) is 0 Å². The zero-order chi connectivity index (χ0) is 12.6. The molecule has 17 heavy (non-hydrogen) atoms. The van der Waals surface area contributed by atoms with Crippen LogP contribution in [0, 0.1) is 5.92 Å². The van der Waals surface area contributed by atoms with Crippen LogP contribution in [0.1, 0.15) is 6.42 Å². The monoisotopic (exact) mass is 279 g/mol. The molecule has 8 nitrogen and oxygen atoms in total. The van der Waals surface area contributed by atoms with Gasteiger partial charge in [0.15, 0.2) is 0 Å². The van der Waals surface area contributed by atoms with Gasteiger partial charge in [0.2, 0.25) is 15.0 Å². The van der Waals surface area contributed by atoms with Gasteiger partial charge >= 0.3 is 0 Å². The summed E-state index contributed by atoms with van der Waals surface area (Å²) in [6.45, 7) is 0.263. The highest BCUT2D eigenvalue weighted by molar-refractivity contribution is 8.13. The molecule has 1 aromatic rings. The van der Waals surface area contributed by atoms with Gasteiger partial charge in [0, 0.05) is 36.6 Å². The number of rotatable bonds is 3. The van der Waals surface area contributed by atoms with E-state index in [-0.39, 0.29) is 30.5 Å². The molecule has 1 aliphatic heterocycles. The van der Waals surface area contributed by atoms with Crippen molar-refractivity contribution in [1.29, 1.82) is 0 Å². The van der Waals surface area contributed by atoms with Crippen LogP contribution in [-0.2, 0) is 20.9 Å². The quantitative estimate of drug-likeness (QED) is 0.667. The lowest BCUT2D eigenvalue weighted by Crippen LogP contribution is -2.28. The minimum atomic E-state index is -3.60. The van der Waals surface area contributed by atoms with Crippen molar-refractivity contribution in [2.45, 2.75) is 6.42 Å². The number of aromatic nitrogens is 4. The number of anilines is 1. The Morgan fingerprint density at radius 1 is 1.53 bits per heavy atom. The fourth-order valence-corrected chi connectivity index (χ4v) is 3.14. The van der Waals surface area contributed by atoms with Crippen LogP contribution in [0.2, 0.25) is 0 Å². The number of halogens is 1. The Labute approximate surface area is 102 Å². The first-order valence-electron chi connectivity index (χ1n) is 4.82. The molecule has 1 atom stereocenters. The average Bonchev–Trinajstić information content (AvgIpc) is 2.70. The van der Waals surface area contributed by atoms with Crippen LogP contribution in [0.15, 0.2) is 0 Å². The molecule has 2 heterocycles. The summed E-state index contributed by atoms with van der Waals surface area (Å²) in [6.07, 6.45) is 0.138. The molecule has 2 rings (SSSR count). The highest BCUT2D eigenvalue weighted by Crippen LogP contribution is 2.24. The zero-order valence-electron chi connectivity index (χ0n) is 8.95. The Hall–Kier alpha value is -1.22. The summed E-state index contributed by atoms with van der Waals surface area (Å²) in [5.74, 6) is -0.429. The van der Waals surface area contributed by atoms with E-state index in [1.165, 1.54) is 9.58 Å². The molecule has 0 aliphatic carbocycles. The summed E-state index contributed by atoms with van der Waals surface area (Å²) in [6, 6.07) is 0. The molecule has 1 aliphatic rings. The summed E-state index contributed by atoms with van der Waals surface area (Å²) in [5, 5.41) is 10.7. The third-order valence-corrected chi connectivity index (χ3v) is 3.73. The molecule has 0 N–H and O–H groups in total. The Morgan fingerprint density at radius 2 is 2.24 bits per heavy atom. The third-order valence-electron chi connectivity index (χ3n) is 2.48. The second-order valence-corrected chi connectivity index (χ2v) is 6.70. The maximum Gasteiger partial charge on any atom is 0.251 e. The van der Waals surface area contributed by atoms with Crippen LogP contribution < -0.4 is 4.90 Å². The number of nitrogens with zero attached hydrogens (tertiary/aromatic N) is 5. The van der Waals surface area contributed by atoms with Crippen LogP contribution in [0.3, 0.4) is 0 Å². The molecule has 1 fully saturated rings. The predicted molar refractivity (Wildman–Crippen MR) is 58.9 cm³/mol. The lowest BCUT2D eigenvalue weighted by Gasteiger charge is -2.13. The fraction of sp³-hybridized carbons (Fsp3) is 0.714. The van der Waals surface area contributed by atoms with Crippen molar-refractivity contribution in [2.75, 3.05) is 17.2 Å². The molecule has 1 saturated heterocycles. The molecule has 0 saturated carbocycles. The minimum absolute atomic E-state index is 0.138. The molecule has 0 spiro atoms. The Kier molecular flexibility index (Phi) is 3.04. The second kappa shape index (κ2) is 4.22. The van der Waals surface area contributed by atoms with E-state index in [0.29, 0.717) is 5.95 Å². The number of carbonyl (C=O) groups is 1. The Bertz CT molecular complexity index is 541. The third kappa shape index (κ3) is 2.72. The van der Waals surface area contributed by atoms with E-state index in [1.807, 2.05) is 0 Å². The van der Waals surface area contributed by atoms with Gasteiger partial charge in [0.05, 0.1) is 5.75 Å². The minimum Gasteiger partial charge on any atom is -0.279 e. The zero-order valence-corrected chi connectivity index (χ0v) is 10.5. The number of carbonyl (C=O) groups excluding carboxylic acids is 1. The fourth-order valence-electron chi connectivity index (χ4n) is 1.82. The van der Waals surface area contributed by atoms with Gasteiger partial charge in [0.25, 0.3) is 5.95 Å². The van der Waals surface area contributed by atoms with Crippen LogP contribution in [0.25, 0.3) is 0 Å². The van der Waals surface area contributed by atoms with Crippen molar-refractivity contribution >= 4 is 31.6 Å². The van der Waals surface area contributed by atoms with E-state index in [0.717, 1.165) is 0 Å². The van der Waals surface area contributed by atoms with Gasteiger partial charge in [-0.15, -0.1) is 0 Å². The lowest BCUT2D eigenvalue weighted by molar-refractivity contribution is -0.117.